The zero-order valence-electron chi connectivity index (χ0n) is 14.2. The topological polar surface area (TPSA) is 15.3 Å². The number of hydrogen-bond donors (Lipinski definition) is 1. The lowest BCUT2D eigenvalue weighted by atomic mass is 9.70. The number of nitrogens with zero attached hydrogens (tertiary/aromatic N) is 1. The third-order valence-corrected chi connectivity index (χ3v) is 5.00. The number of nitrogens with one attached hydrogen (secondary N) is 1. The van der Waals surface area contributed by atoms with Gasteiger partial charge in [-0.1, -0.05) is 57.5 Å². The molecule has 1 aromatic carbocycles. The first-order chi connectivity index (χ1) is 10.0. The van der Waals surface area contributed by atoms with Gasteiger partial charge in [-0.3, -0.25) is 4.90 Å². The van der Waals surface area contributed by atoms with Crippen molar-refractivity contribution in [3.05, 3.63) is 35.9 Å². The maximum Gasteiger partial charge on any atom is 0.0274 e. The minimum atomic E-state index is 0.392. The molecule has 1 aliphatic carbocycles. The Kier molecular flexibility index (Phi) is 5.83. The molecule has 2 nitrogen and oxygen atoms in total. The maximum atomic E-state index is 3.84. The van der Waals surface area contributed by atoms with Gasteiger partial charge in [-0.25, -0.2) is 0 Å². The molecule has 2 heteroatoms. The summed E-state index contributed by atoms with van der Waals surface area (Å²) in [5.41, 5.74) is 1.81. The summed E-state index contributed by atoms with van der Waals surface area (Å²) in [4.78, 5) is 2.56. The Bertz CT molecular complexity index is 413. The molecule has 0 bridgehead atoms. The Morgan fingerprint density at radius 2 is 1.95 bits per heavy atom. The predicted molar refractivity (Wildman–Crippen MR) is 91.4 cm³/mol. The number of rotatable bonds is 6. The van der Waals surface area contributed by atoms with Crippen LogP contribution in [0, 0.1) is 5.41 Å². The van der Waals surface area contributed by atoms with Crippen LogP contribution in [0.2, 0.25) is 0 Å². The van der Waals surface area contributed by atoms with Gasteiger partial charge in [0, 0.05) is 18.6 Å². The fourth-order valence-electron chi connectivity index (χ4n) is 3.79. The molecule has 1 saturated carbocycles. The van der Waals surface area contributed by atoms with E-state index in [-0.39, 0.29) is 0 Å². The van der Waals surface area contributed by atoms with E-state index in [2.05, 4.69) is 68.4 Å². The number of likely N-dealkylation sites (N-methyl/N-ethyl adjacent to an activating group) is 1. The molecule has 0 spiro atoms. The van der Waals surface area contributed by atoms with Gasteiger partial charge in [0.15, 0.2) is 0 Å². The lowest BCUT2D eigenvalue weighted by molar-refractivity contribution is 0.0589. The van der Waals surface area contributed by atoms with Crippen LogP contribution in [0.25, 0.3) is 0 Å². The van der Waals surface area contributed by atoms with E-state index in [1.807, 2.05) is 0 Å². The van der Waals surface area contributed by atoms with Crippen molar-refractivity contribution in [2.75, 3.05) is 13.6 Å². The van der Waals surface area contributed by atoms with Gasteiger partial charge in [-0.15, -0.1) is 0 Å². The Labute approximate surface area is 130 Å². The smallest absolute Gasteiger partial charge is 0.0274 e. The molecule has 0 saturated heterocycles. The van der Waals surface area contributed by atoms with E-state index < -0.39 is 0 Å². The van der Waals surface area contributed by atoms with Gasteiger partial charge in [0.05, 0.1) is 0 Å². The molecule has 0 amide bonds. The van der Waals surface area contributed by atoms with Gasteiger partial charge in [0.2, 0.25) is 0 Å². The summed E-state index contributed by atoms with van der Waals surface area (Å²) in [6.45, 7) is 9.30. The Hall–Kier alpha value is -0.860. The summed E-state index contributed by atoms with van der Waals surface area (Å²) in [6, 6.07) is 12.1. The van der Waals surface area contributed by atoms with Crippen molar-refractivity contribution in [3.8, 4) is 0 Å². The lowest BCUT2D eigenvalue weighted by Gasteiger charge is -2.48. The van der Waals surface area contributed by atoms with Crippen molar-refractivity contribution in [2.24, 2.45) is 5.41 Å². The van der Waals surface area contributed by atoms with E-state index in [0.29, 0.717) is 17.5 Å². The van der Waals surface area contributed by atoms with Crippen LogP contribution < -0.4 is 5.32 Å². The molecular formula is C19H32N2. The highest BCUT2D eigenvalue weighted by molar-refractivity contribution is 5.14. The van der Waals surface area contributed by atoms with Crippen molar-refractivity contribution in [2.45, 2.75) is 65.1 Å². The normalized spacial score (nSPS) is 25.2. The van der Waals surface area contributed by atoms with Crippen LogP contribution >= 0.6 is 0 Å². The van der Waals surface area contributed by atoms with Crippen molar-refractivity contribution < 1.29 is 0 Å². The van der Waals surface area contributed by atoms with Crippen LogP contribution in [-0.2, 0) is 6.54 Å². The van der Waals surface area contributed by atoms with Crippen LogP contribution in [0.1, 0.15) is 52.0 Å². The third-order valence-electron chi connectivity index (χ3n) is 5.00. The second kappa shape index (κ2) is 7.42. The fourth-order valence-corrected chi connectivity index (χ4v) is 3.79. The zero-order valence-corrected chi connectivity index (χ0v) is 14.2. The summed E-state index contributed by atoms with van der Waals surface area (Å²) in [6.07, 6.45) is 5.21. The monoisotopic (exact) mass is 288 g/mol. The second-order valence-corrected chi connectivity index (χ2v) is 7.28. The summed E-state index contributed by atoms with van der Waals surface area (Å²) < 4.78 is 0. The van der Waals surface area contributed by atoms with E-state index >= 15 is 0 Å². The van der Waals surface area contributed by atoms with Crippen molar-refractivity contribution in [3.63, 3.8) is 0 Å². The third kappa shape index (κ3) is 4.31. The molecular weight excluding hydrogens is 256 g/mol. The molecule has 0 radical (unpaired) electrons. The Balaban J connectivity index is 2.06. The van der Waals surface area contributed by atoms with E-state index in [9.17, 15) is 0 Å². The first kappa shape index (κ1) is 16.5. The predicted octanol–water partition coefficient (Wildman–Crippen LogP) is 4.07. The van der Waals surface area contributed by atoms with Crippen molar-refractivity contribution in [1.82, 2.24) is 10.2 Å². The summed E-state index contributed by atoms with van der Waals surface area (Å²) >= 11 is 0. The van der Waals surface area contributed by atoms with Crippen molar-refractivity contribution >= 4 is 0 Å². The van der Waals surface area contributed by atoms with Crippen LogP contribution in [0.3, 0.4) is 0 Å². The van der Waals surface area contributed by atoms with Crippen LogP contribution in [0.5, 0.6) is 0 Å². The highest BCUT2D eigenvalue weighted by atomic mass is 15.2. The second-order valence-electron chi connectivity index (χ2n) is 7.28. The van der Waals surface area contributed by atoms with Gasteiger partial charge >= 0.3 is 0 Å². The van der Waals surface area contributed by atoms with E-state index in [4.69, 9.17) is 0 Å². The van der Waals surface area contributed by atoms with E-state index in [0.717, 1.165) is 13.1 Å². The molecule has 118 valence electrons. The molecule has 2 atom stereocenters. The van der Waals surface area contributed by atoms with Crippen molar-refractivity contribution in [1.29, 1.82) is 0 Å². The molecule has 0 aromatic heterocycles. The molecule has 2 unspecified atom stereocenters. The van der Waals surface area contributed by atoms with Crippen LogP contribution in [0.15, 0.2) is 30.3 Å². The fraction of sp³-hybridized carbons (Fsp3) is 0.684. The van der Waals surface area contributed by atoms with Gasteiger partial charge in [0.25, 0.3) is 0 Å². The highest BCUT2D eigenvalue weighted by Gasteiger charge is 2.40. The Morgan fingerprint density at radius 1 is 1.24 bits per heavy atom. The molecule has 1 aliphatic rings. The number of hydrogen-bond acceptors (Lipinski definition) is 2. The highest BCUT2D eigenvalue weighted by Crippen LogP contribution is 2.37. The van der Waals surface area contributed by atoms with Gasteiger partial charge < -0.3 is 5.32 Å². The Morgan fingerprint density at radius 3 is 2.62 bits per heavy atom. The zero-order chi connectivity index (χ0) is 15.3. The van der Waals surface area contributed by atoms with Gasteiger partial charge in [0.1, 0.15) is 0 Å². The lowest BCUT2D eigenvalue weighted by Crippen LogP contribution is -2.58. The largest absolute Gasteiger partial charge is 0.312 e. The van der Waals surface area contributed by atoms with E-state index in [1.165, 1.54) is 31.2 Å². The maximum absolute atomic E-state index is 3.84. The summed E-state index contributed by atoms with van der Waals surface area (Å²) in [5, 5.41) is 3.84. The van der Waals surface area contributed by atoms with Crippen LogP contribution in [-0.4, -0.2) is 30.6 Å². The molecule has 0 aliphatic heterocycles. The molecule has 1 aromatic rings. The molecule has 2 rings (SSSR count). The first-order valence-electron chi connectivity index (χ1n) is 8.52. The average Bonchev–Trinajstić information content (AvgIpc) is 2.46. The minimum absolute atomic E-state index is 0.392. The van der Waals surface area contributed by atoms with E-state index in [1.54, 1.807) is 0 Å². The molecule has 1 fully saturated rings. The molecule has 21 heavy (non-hydrogen) atoms. The average molecular weight is 288 g/mol. The molecule has 0 heterocycles. The summed E-state index contributed by atoms with van der Waals surface area (Å²) in [7, 11) is 2.29. The van der Waals surface area contributed by atoms with Gasteiger partial charge in [-0.2, -0.15) is 0 Å². The summed E-state index contributed by atoms with van der Waals surface area (Å²) in [5.74, 6) is 0. The van der Waals surface area contributed by atoms with Gasteiger partial charge in [-0.05, 0) is 43.8 Å². The quantitative estimate of drug-likeness (QED) is 0.849. The van der Waals surface area contributed by atoms with Crippen LogP contribution in [0.4, 0.5) is 0 Å². The SMILES string of the molecule is CCCNC1C(N(C)Cc2ccccc2)CCCC1(C)C. The number of benzene rings is 1. The molecule has 1 N–H and O–H groups in total. The standard InChI is InChI=1S/C19H32N2/c1-5-14-20-18-17(12-9-13-19(18,2)3)21(4)15-16-10-7-6-8-11-16/h6-8,10-11,17-18,20H,5,9,12-15H2,1-4H3. The first-order valence-corrected chi connectivity index (χ1v) is 8.52. The minimum Gasteiger partial charge on any atom is -0.312 e.